The molecule has 1 aromatic carbocycles. The Labute approximate surface area is 165 Å². The fourth-order valence-electron chi connectivity index (χ4n) is 4.10. The van der Waals surface area contributed by atoms with Crippen LogP contribution in [0.5, 0.6) is 0 Å². The van der Waals surface area contributed by atoms with Gasteiger partial charge in [-0.1, -0.05) is 6.07 Å². The topological polar surface area (TPSA) is 40.5 Å². The molecule has 1 aromatic heterocycles. The molecule has 0 atom stereocenters. The fraction of sp³-hybridized carbons (Fsp3) is 0.476. The van der Waals surface area contributed by atoms with Crippen LogP contribution >= 0.6 is 11.8 Å². The van der Waals surface area contributed by atoms with Gasteiger partial charge in [-0.15, -0.1) is 0 Å². The molecule has 5 nitrogen and oxygen atoms in total. The van der Waals surface area contributed by atoms with Gasteiger partial charge in [0, 0.05) is 67.5 Å². The lowest BCUT2D eigenvalue weighted by molar-refractivity contribution is 0.130. The molecule has 27 heavy (non-hydrogen) atoms. The Bertz CT molecular complexity index is 762. The zero-order chi connectivity index (χ0) is 18.6. The van der Waals surface area contributed by atoms with Crippen LogP contribution in [0.15, 0.2) is 42.7 Å². The summed E-state index contributed by atoms with van der Waals surface area (Å²) in [5, 5.41) is 3.13. The Balaban J connectivity index is 1.37. The Morgan fingerprint density at radius 1 is 1.04 bits per heavy atom. The van der Waals surface area contributed by atoms with Crippen molar-refractivity contribution >= 4 is 23.5 Å². The van der Waals surface area contributed by atoms with Gasteiger partial charge in [0.2, 0.25) is 0 Å². The van der Waals surface area contributed by atoms with Gasteiger partial charge in [-0.3, -0.25) is 4.90 Å². The van der Waals surface area contributed by atoms with Crippen LogP contribution in [-0.4, -0.2) is 64.1 Å². The highest BCUT2D eigenvalue weighted by molar-refractivity contribution is 7.99. The van der Waals surface area contributed by atoms with E-state index in [0.29, 0.717) is 6.04 Å². The molecule has 4 rings (SSSR count). The van der Waals surface area contributed by atoms with Crippen LogP contribution in [0.3, 0.4) is 0 Å². The van der Waals surface area contributed by atoms with Crippen LogP contribution in [0.25, 0.3) is 5.69 Å². The molecular weight excluding hydrogens is 356 g/mol. The molecule has 2 aliphatic rings. The first-order valence-electron chi connectivity index (χ1n) is 9.83. The Kier molecular flexibility index (Phi) is 5.74. The molecule has 1 N–H and O–H groups in total. The van der Waals surface area contributed by atoms with Crippen molar-refractivity contribution in [2.75, 3.05) is 43.0 Å². The molecule has 6 heteroatoms. The van der Waals surface area contributed by atoms with E-state index in [1.54, 1.807) is 0 Å². The SMILES string of the molecule is Cc1c(NC(=O)N2CCC(N3CCSCC3)CC2)cccc1-n1cccc1. The number of piperidine rings is 1. The zero-order valence-electron chi connectivity index (χ0n) is 15.9. The maximum atomic E-state index is 12.8. The molecule has 2 saturated heterocycles. The van der Waals surface area contributed by atoms with E-state index in [1.165, 1.54) is 24.6 Å². The predicted molar refractivity (Wildman–Crippen MR) is 113 cm³/mol. The number of thioether (sulfide) groups is 1. The summed E-state index contributed by atoms with van der Waals surface area (Å²) in [6.07, 6.45) is 6.22. The average molecular weight is 385 g/mol. The molecular formula is C21H28N4OS. The molecule has 0 aliphatic carbocycles. The summed E-state index contributed by atoms with van der Waals surface area (Å²) >= 11 is 2.05. The standard InChI is InChI=1S/C21H28N4OS/c1-17-19(5-4-6-20(17)24-9-2-3-10-24)22-21(26)25-11-7-18(8-12-25)23-13-15-27-16-14-23/h2-6,9-10,18H,7-8,11-16H2,1H3,(H,22,26). The van der Waals surface area contributed by atoms with E-state index in [1.807, 2.05) is 41.6 Å². The van der Waals surface area contributed by atoms with E-state index < -0.39 is 0 Å². The number of hydrogen-bond donors (Lipinski definition) is 1. The van der Waals surface area contributed by atoms with Crippen LogP contribution in [-0.2, 0) is 0 Å². The second kappa shape index (κ2) is 8.40. The third kappa shape index (κ3) is 4.17. The number of hydrogen-bond acceptors (Lipinski definition) is 3. The predicted octanol–water partition coefficient (Wildman–Crippen LogP) is 3.83. The van der Waals surface area contributed by atoms with Crippen molar-refractivity contribution in [1.29, 1.82) is 0 Å². The number of carbonyl (C=O) groups is 1. The number of benzene rings is 1. The second-order valence-electron chi connectivity index (χ2n) is 7.34. The lowest BCUT2D eigenvalue weighted by Crippen LogP contribution is -2.49. The van der Waals surface area contributed by atoms with Crippen molar-refractivity contribution in [2.24, 2.45) is 0 Å². The number of rotatable bonds is 3. The van der Waals surface area contributed by atoms with Crippen LogP contribution in [0, 0.1) is 6.92 Å². The number of urea groups is 1. The number of amides is 2. The van der Waals surface area contributed by atoms with E-state index in [-0.39, 0.29) is 6.03 Å². The van der Waals surface area contributed by atoms with Crippen LogP contribution in [0.2, 0.25) is 0 Å². The first-order valence-corrected chi connectivity index (χ1v) is 11.0. The van der Waals surface area contributed by atoms with Gasteiger partial charge in [0.25, 0.3) is 0 Å². The number of aromatic nitrogens is 1. The molecule has 2 fully saturated rings. The Hall–Kier alpha value is -1.92. The van der Waals surface area contributed by atoms with Crippen molar-refractivity contribution in [1.82, 2.24) is 14.4 Å². The summed E-state index contributed by atoms with van der Waals surface area (Å²) in [5.74, 6) is 2.50. The molecule has 3 heterocycles. The lowest BCUT2D eigenvalue weighted by atomic mass is 10.0. The summed E-state index contributed by atoms with van der Waals surface area (Å²) in [7, 11) is 0. The second-order valence-corrected chi connectivity index (χ2v) is 8.56. The molecule has 0 unspecified atom stereocenters. The first kappa shape index (κ1) is 18.4. The van der Waals surface area contributed by atoms with E-state index in [2.05, 4.69) is 39.5 Å². The van der Waals surface area contributed by atoms with Gasteiger partial charge in [0.15, 0.2) is 0 Å². The number of anilines is 1. The minimum absolute atomic E-state index is 0.0235. The monoisotopic (exact) mass is 384 g/mol. The van der Waals surface area contributed by atoms with Crippen molar-refractivity contribution in [3.8, 4) is 5.69 Å². The Morgan fingerprint density at radius 2 is 1.74 bits per heavy atom. The van der Waals surface area contributed by atoms with Gasteiger partial charge < -0.3 is 14.8 Å². The van der Waals surface area contributed by atoms with Crippen LogP contribution in [0.1, 0.15) is 18.4 Å². The van der Waals surface area contributed by atoms with Crippen molar-refractivity contribution < 1.29 is 4.79 Å². The first-order chi connectivity index (χ1) is 13.2. The maximum absolute atomic E-state index is 12.8. The molecule has 2 amide bonds. The number of nitrogens with one attached hydrogen (secondary N) is 1. The molecule has 144 valence electrons. The van der Waals surface area contributed by atoms with Crippen molar-refractivity contribution in [2.45, 2.75) is 25.8 Å². The average Bonchev–Trinajstić information content (AvgIpc) is 3.25. The van der Waals surface area contributed by atoms with Crippen molar-refractivity contribution in [3.05, 3.63) is 48.3 Å². The highest BCUT2D eigenvalue weighted by Gasteiger charge is 2.27. The molecule has 2 aliphatic heterocycles. The van der Waals surface area contributed by atoms with Crippen LogP contribution in [0.4, 0.5) is 10.5 Å². The summed E-state index contributed by atoms with van der Waals surface area (Å²) in [6, 6.07) is 10.7. The number of nitrogens with zero attached hydrogens (tertiary/aromatic N) is 3. The van der Waals surface area contributed by atoms with Gasteiger partial charge >= 0.3 is 6.03 Å². The Morgan fingerprint density at radius 3 is 2.44 bits per heavy atom. The largest absolute Gasteiger partial charge is 0.324 e. The van der Waals surface area contributed by atoms with E-state index in [4.69, 9.17) is 0 Å². The third-order valence-electron chi connectivity index (χ3n) is 5.74. The van der Waals surface area contributed by atoms with Crippen LogP contribution < -0.4 is 5.32 Å². The lowest BCUT2D eigenvalue weighted by Gasteiger charge is -2.40. The fourth-order valence-corrected chi connectivity index (χ4v) is 5.04. The minimum atomic E-state index is 0.0235. The van der Waals surface area contributed by atoms with Gasteiger partial charge in [-0.2, -0.15) is 11.8 Å². The van der Waals surface area contributed by atoms with E-state index in [0.717, 1.165) is 42.9 Å². The van der Waals surface area contributed by atoms with E-state index in [9.17, 15) is 4.79 Å². The quantitative estimate of drug-likeness (QED) is 0.874. The summed E-state index contributed by atoms with van der Waals surface area (Å²) in [4.78, 5) is 17.4. The molecule has 0 saturated carbocycles. The highest BCUT2D eigenvalue weighted by atomic mass is 32.2. The molecule has 0 bridgehead atoms. The smallest absolute Gasteiger partial charge is 0.321 e. The normalized spacial score (nSPS) is 19.2. The van der Waals surface area contributed by atoms with Gasteiger partial charge in [-0.25, -0.2) is 4.79 Å². The molecule has 0 radical (unpaired) electrons. The third-order valence-corrected chi connectivity index (χ3v) is 6.69. The zero-order valence-corrected chi connectivity index (χ0v) is 16.8. The molecule has 0 spiro atoms. The van der Waals surface area contributed by atoms with Gasteiger partial charge in [0.1, 0.15) is 0 Å². The summed E-state index contributed by atoms with van der Waals surface area (Å²) in [5.41, 5.74) is 3.07. The summed E-state index contributed by atoms with van der Waals surface area (Å²) < 4.78 is 2.08. The van der Waals surface area contributed by atoms with Gasteiger partial charge in [0.05, 0.1) is 0 Å². The number of carbonyl (C=O) groups excluding carboxylic acids is 1. The van der Waals surface area contributed by atoms with Gasteiger partial charge in [-0.05, 0) is 49.6 Å². The molecule has 2 aromatic rings. The number of likely N-dealkylation sites (tertiary alicyclic amines) is 1. The summed E-state index contributed by atoms with van der Waals surface area (Å²) in [6.45, 7) is 6.15. The maximum Gasteiger partial charge on any atom is 0.321 e. The van der Waals surface area contributed by atoms with E-state index >= 15 is 0 Å². The minimum Gasteiger partial charge on any atom is -0.324 e. The van der Waals surface area contributed by atoms with Crippen molar-refractivity contribution in [3.63, 3.8) is 0 Å². The highest BCUT2D eigenvalue weighted by Crippen LogP contribution is 2.24.